The largest absolute Gasteiger partial charge is 0.504 e. The van der Waals surface area contributed by atoms with Crippen LogP contribution in [0.5, 0.6) is 0 Å². The van der Waals surface area contributed by atoms with E-state index in [4.69, 9.17) is 3.79 Å². The van der Waals surface area contributed by atoms with Crippen molar-refractivity contribution in [2.45, 2.75) is 58.5 Å². The Morgan fingerprint density at radius 2 is 1.55 bits per heavy atom. The van der Waals surface area contributed by atoms with E-state index in [0.717, 1.165) is 16.6 Å². The number of hydrogen-bond donors (Lipinski definition) is 0. The number of unbranched alkanes of at least 4 members (excludes halogenated alkanes) is 2. The lowest BCUT2D eigenvalue weighted by molar-refractivity contribution is 0.191. The van der Waals surface area contributed by atoms with Crippen molar-refractivity contribution in [2.75, 3.05) is 0 Å². The second-order valence-electron chi connectivity index (χ2n) is 3.14. The van der Waals surface area contributed by atoms with E-state index >= 15 is 0 Å². The molecular weight excluding hydrogens is 151 g/mol. The van der Waals surface area contributed by atoms with Crippen molar-refractivity contribution < 1.29 is 3.79 Å². The van der Waals surface area contributed by atoms with Crippen LogP contribution in [0.15, 0.2) is 0 Å². The molecule has 0 spiro atoms. The first-order valence-corrected chi connectivity index (χ1v) is 5.69. The summed E-state index contributed by atoms with van der Waals surface area (Å²) in [6.07, 6.45) is 8.40. The lowest BCUT2D eigenvalue weighted by atomic mass is 10.1. The van der Waals surface area contributed by atoms with Crippen molar-refractivity contribution in [3.05, 3.63) is 0 Å². The van der Waals surface area contributed by atoms with Crippen molar-refractivity contribution in [2.24, 2.45) is 0 Å². The fraction of sp³-hybridized carbons (Fsp3) is 1.00. The molecule has 0 fully saturated rings. The molecular formula is C9H21AlO. The van der Waals surface area contributed by atoms with Gasteiger partial charge in [0.15, 0.2) is 0 Å². The summed E-state index contributed by atoms with van der Waals surface area (Å²) in [5.74, 6) is 0. The lowest BCUT2D eigenvalue weighted by Gasteiger charge is -2.15. The Hall–Kier alpha value is 0.492. The topological polar surface area (TPSA) is 9.23 Å². The van der Waals surface area contributed by atoms with Gasteiger partial charge in [0, 0.05) is 6.10 Å². The Kier molecular flexibility index (Phi) is 8.97. The minimum absolute atomic E-state index is 0.585. The maximum Gasteiger partial charge on any atom is 0.410 e. The molecule has 0 aromatic rings. The van der Waals surface area contributed by atoms with Gasteiger partial charge < -0.3 is 3.79 Å². The first-order valence-electron chi connectivity index (χ1n) is 4.87. The highest BCUT2D eigenvalue weighted by Gasteiger charge is 2.03. The van der Waals surface area contributed by atoms with Crippen LogP contribution in [0.25, 0.3) is 0 Å². The summed E-state index contributed by atoms with van der Waals surface area (Å²) in [6.45, 7) is 4.48. The van der Waals surface area contributed by atoms with E-state index in [1.807, 2.05) is 0 Å². The van der Waals surface area contributed by atoms with E-state index in [0.29, 0.717) is 6.10 Å². The monoisotopic (exact) mass is 172 g/mol. The molecule has 0 aliphatic carbocycles. The molecule has 0 aromatic heterocycles. The third-order valence-corrected chi connectivity index (χ3v) is 2.76. The van der Waals surface area contributed by atoms with E-state index in [1.54, 1.807) is 0 Å². The van der Waals surface area contributed by atoms with Gasteiger partial charge in [0.1, 0.15) is 0 Å². The second-order valence-corrected chi connectivity index (χ2v) is 3.61. The molecule has 0 aliphatic heterocycles. The Morgan fingerprint density at radius 3 is 1.82 bits per heavy atom. The van der Waals surface area contributed by atoms with E-state index in [2.05, 4.69) is 13.8 Å². The SMILES string of the molecule is CCCCC(CCCC)[O][AlH2]. The molecule has 0 unspecified atom stereocenters. The Morgan fingerprint density at radius 1 is 1.09 bits per heavy atom. The predicted octanol–water partition coefficient (Wildman–Crippen LogP) is 2.30. The molecule has 11 heavy (non-hydrogen) atoms. The van der Waals surface area contributed by atoms with Crippen LogP contribution in [0.4, 0.5) is 0 Å². The first-order chi connectivity index (χ1) is 5.35. The van der Waals surface area contributed by atoms with Crippen molar-refractivity contribution in [3.63, 3.8) is 0 Å². The standard InChI is InChI=1S/C9H19O.Al.2H/c1-3-5-7-9(10)8-6-4-2;;;/h9H,3-8H2,1-2H3;;;/q-1;+1;;. The summed E-state index contributed by atoms with van der Waals surface area (Å²) >= 11 is 0.906. The minimum atomic E-state index is 0.585. The van der Waals surface area contributed by atoms with Crippen LogP contribution in [0, 0.1) is 0 Å². The van der Waals surface area contributed by atoms with Gasteiger partial charge >= 0.3 is 16.6 Å². The summed E-state index contributed by atoms with van der Waals surface area (Å²) in [7, 11) is 0. The van der Waals surface area contributed by atoms with Crippen molar-refractivity contribution >= 4 is 16.6 Å². The van der Waals surface area contributed by atoms with Crippen LogP contribution in [-0.4, -0.2) is 22.7 Å². The summed E-state index contributed by atoms with van der Waals surface area (Å²) in [5.41, 5.74) is 0. The molecule has 0 aliphatic rings. The van der Waals surface area contributed by atoms with Gasteiger partial charge in [0.2, 0.25) is 0 Å². The maximum absolute atomic E-state index is 5.49. The average molecular weight is 172 g/mol. The van der Waals surface area contributed by atoms with Crippen LogP contribution in [0.1, 0.15) is 52.4 Å². The highest BCUT2D eigenvalue weighted by atomic mass is 27.1. The Labute approximate surface area is 79.3 Å². The molecule has 0 saturated carbocycles. The molecule has 0 amide bonds. The van der Waals surface area contributed by atoms with Crippen LogP contribution in [0.3, 0.4) is 0 Å². The van der Waals surface area contributed by atoms with E-state index in [1.165, 1.54) is 38.5 Å². The maximum atomic E-state index is 5.49. The molecule has 0 rings (SSSR count). The van der Waals surface area contributed by atoms with Crippen LogP contribution >= 0.6 is 0 Å². The number of hydrogen-bond acceptors (Lipinski definition) is 1. The van der Waals surface area contributed by atoms with Gasteiger partial charge in [-0.05, 0) is 12.8 Å². The van der Waals surface area contributed by atoms with Crippen LogP contribution < -0.4 is 0 Å². The van der Waals surface area contributed by atoms with Crippen molar-refractivity contribution in [1.29, 1.82) is 0 Å². The van der Waals surface area contributed by atoms with Crippen LogP contribution in [-0.2, 0) is 3.79 Å². The summed E-state index contributed by atoms with van der Waals surface area (Å²) < 4.78 is 5.49. The Balaban J connectivity index is 3.25. The number of rotatable bonds is 7. The smallest absolute Gasteiger partial charge is 0.410 e. The zero-order valence-electron chi connectivity index (χ0n) is 8.23. The summed E-state index contributed by atoms with van der Waals surface area (Å²) in [5, 5.41) is 0. The fourth-order valence-electron chi connectivity index (χ4n) is 1.24. The van der Waals surface area contributed by atoms with Gasteiger partial charge in [-0.3, -0.25) is 0 Å². The van der Waals surface area contributed by atoms with Crippen LogP contribution in [0.2, 0.25) is 0 Å². The van der Waals surface area contributed by atoms with Crippen molar-refractivity contribution in [1.82, 2.24) is 0 Å². The van der Waals surface area contributed by atoms with E-state index in [9.17, 15) is 0 Å². The fourth-order valence-corrected chi connectivity index (χ4v) is 1.72. The zero-order chi connectivity index (χ0) is 8.53. The van der Waals surface area contributed by atoms with Gasteiger partial charge in [0.25, 0.3) is 0 Å². The van der Waals surface area contributed by atoms with Crippen molar-refractivity contribution in [3.8, 4) is 0 Å². The molecule has 0 bridgehead atoms. The van der Waals surface area contributed by atoms with Gasteiger partial charge in [0.05, 0.1) is 0 Å². The van der Waals surface area contributed by atoms with Gasteiger partial charge in [-0.2, -0.15) is 0 Å². The molecule has 0 N–H and O–H groups in total. The van der Waals surface area contributed by atoms with Gasteiger partial charge in [-0.1, -0.05) is 39.5 Å². The second kappa shape index (κ2) is 8.59. The molecule has 0 atom stereocenters. The lowest BCUT2D eigenvalue weighted by Crippen LogP contribution is -2.10. The third-order valence-electron chi connectivity index (χ3n) is 2.09. The molecule has 0 radical (unpaired) electrons. The van der Waals surface area contributed by atoms with E-state index in [-0.39, 0.29) is 0 Å². The molecule has 66 valence electrons. The zero-order valence-corrected chi connectivity index (χ0v) is 10.2. The first kappa shape index (κ1) is 11.5. The summed E-state index contributed by atoms with van der Waals surface area (Å²) in [4.78, 5) is 0. The highest BCUT2D eigenvalue weighted by molar-refractivity contribution is 5.98. The minimum Gasteiger partial charge on any atom is -0.504 e. The molecule has 2 heteroatoms. The highest BCUT2D eigenvalue weighted by Crippen LogP contribution is 2.10. The quantitative estimate of drug-likeness (QED) is 0.535. The molecule has 1 nitrogen and oxygen atoms in total. The van der Waals surface area contributed by atoms with E-state index < -0.39 is 0 Å². The Bertz CT molecular complexity index is 68.0. The average Bonchev–Trinajstić information content (AvgIpc) is 2.05. The molecule has 0 saturated heterocycles. The van der Waals surface area contributed by atoms with Gasteiger partial charge in [-0.25, -0.2) is 0 Å². The molecule has 0 heterocycles. The third kappa shape index (κ3) is 6.87. The predicted molar refractivity (Wildman–Crippen MR) is 52.5 cm³/mol. The molecule has 0 aromatic carbocycles. The van der Waals surface area contributed by atoms with Gasteiger partial charge in [-0.15, -0.1) is 0 Å². The normalized spacial score (nSPS) is 10.8. The summed E-state index contributed by atoms with van der Waals surface area (Å²) in [6, 6.07) is 0.